The van der Waals surface area contributed by atoms with Gasteiger partial charge in [-0.1, -0.05) is 0 Å². The van der Waals surface area contributed by atoms with E-state index in [1.807, 2.05) is 0 Å². The van der Waals surface area contributed by atoms with E-state index >= 15 is 0 Å². The van der Waals surface area contributed by atoms with Gasteiger partial charge in [-0.25, -0.2) is 13.1 Å². The van der Waals surface area contributed by atoms with Crippen molar-refractivity contribution >= 4 is 15.7 Å². The number of benzene rings is 1. The number of rotatable bonds is 6. The molecule has 116 valence electrons. The highest BCUT2D eigenvalue weighted by Crippen LogP contribution is 2.38. The van der Waals surface area contributed by atoms with Gasteiger partial charge in [-0.2, -0.15) is 0 Å². The molecular weight excluding hydrogens is 302 g/mol. The van der Waals surface area contributed by atoms with Gasteiger partial charge in [-0.05, 0) is 7.05 Å². The first-order valence-corrected chi connectivity index (χ1v) is 7.66. The molecule has 1 aromatic carbocycles. The van der Waals surface area contributed by atoms with Crippen LogP contribution in [0.15, 0.2) is 17.0 Å². The number of hydrogen-bond donors (Lipinski definition) is 2. The molecule has 0 spiro atoms. The van der Waals surface area contributed by atoms with Crippen molar-refractivity contribution in [3.63, 3.8) is 0 Å². The zero-order valence-electron chi connectivity index (χ0n) is 11.3. The second kappa shape index (κ2) is 6.24. The number of nitrogens with one attached hydrogen (secondary N) is 2. The van der Waals surface area contributed by atoms with E-state index in [2.05, 4.69) is 10.0 Å². The molecule has 9 nitrogen and oxygen atoms in total. The van der Waals surface area contributed by atoms with Crippen LogP contribution in [0.4, 0.5) is 5.69 Å². The molecule has 0 unspecified atom stereocenters. The van der Waals surface area contributed by atoms with Crippen LogP contribution in [0.5, 0.6) is 11.5 Å². The molecule has 0 fully saturated rings. The zero-order chi connectivity index (χ0) is 15.5. The Kier molecular flexibility index (Phi) is 4.60. The van der Waals surface area contributed by atoms with E-state index in [0.29, 0.717) is 6.54 Å². The summed E-state index contributed by atoms with van der Waals surface area (Å²) in [6.45, 7) is 1.04. The number of nitro benzene ring substituents is 1. The van der Waals surface area contributed by atoms with E-state index in [-0.39, 0.29) is 31.3 Å². The molecule has 1 aromatic rings. The third-order valence-corrected chi connectivity index (χ3v) is 4.27. The fourth-order valence-corrected chi connectivity index (χ4v) is 3.00. The van der Waals surface area contributed by atoms with Crippen LogP contribution in [0.2, 0.25) is 0 Å². The van der Waals surface area contributed by atoms with Gasteiger partial charge in [0, 0.05) is 19.2 Å². The highest BCUT2D eigenvalue weighted by atomic mass is 32.2. The third-order valence-electron chi connectivity index (χ3n) is 2.78. The van der Waals surface area contributed by atoms with E-state index in [1.54, 1.807) is 7.05 Å². The summed E-state index contributed by atoms with van der Waals surface area (Å²) >= 11 is 0. The topological polar surface area (TPSA) is 120 Å². The lowest BCUT2D eigenvalue weighted by molar-refractivity contribution is -0.388. The number of sulfonamides is 1. The van der Waals surface area contributed by atoms with Crippen LogP contribution >= 0.6 is 0 Å². The van der Waals surface area contributed by atoms with Crippen molar-refractivity contribution in [2.45, 2.75) is 4.90 Å². The van der Waals surface area contributed by atoms with Crippen LogP contribution in [0.3, 0.4) is 0 Å². The SMILES string of the molecule is CNCCNS(=O)(=O)c1cc2c(cc1[N+](=O)[O-])OCCO2. The zero-order valence-corrected chi connectivity index (χ0v) is 12.1. The van der Waals surface area contributed by atoms with Crippen molar-refractivity contribution in [3.05, 3.63) is 22.2 Å². The fourth-order valence-electron chi connectivity index (χ4n) is 1.81. The van der Waals surface area contributed by atoms with Gasteiger partial charge < -0.3 is 14.8 Å². The quantitative estimate of drug-likeness (QED) is 0.426. The van der Waals surface area contributed by atoms with Crippen molar-refractivity contribution in [2.75, 3.05) is 33.4 Å². The molecule has 1 heterocycles. The van der Waals surface area contributed by atoms with Crippen molar-refractivity contribution < 1.29 is 22.8 Å². The van der Waals surface area contributed by atoms with Gasteiger partial charge in [0.05, 0.1) is 11.0 Å². The molecule has 2 N–H and O–H groups in total. The lowest BCUT2D eigenvalue weighted by atomic mass is 10.2. The van der Waals surface area contributed by atoms with Gasteiger partial charge in [0.15, 0.2) is 16.4 Å². The van der Waals surface area contributed by atoms with Crippen molar-refractivity contribution in [1.82, 2.24) is 10.0 Å². The van der Waals surface area contributed by atoms with Crippen molar-refractivity contribution in [3.8, 4) is 11.5 Å². The molecule has 1 aliphatic rings. The predicted octanol–water partition coefficient (Wildman–Crippen LogP) is -0.136. The summed E-state index contributed by atoms with van der Waals surface area (Å²) in [5.74, 6) is 0.350. The van der Waals surface area contributed by atoms with Crippen LogP contribution in [-0.4, -0.2) is 46.7 Å². The summed E-state index contributed by atoms with van der Waals surface area (Å²) < 4.78 is 37.1. The Balaban J connectivity index is 2.43. The fraction of sp³-hybridized carbons (Fsp3) is 0.455. The summed E-state index contributed by atoms with van der Waals surface area (Å²) in [7, 11) is -2.34. The first kappa shape index (κ1) is 15.5. The lowest BCUT2D eigenvalue weighted by Gasteiger charge is -2.19. The highest BCUT2D eigenvalue weighted by Gasteiger charge is 2.30. The first-order chi connectivity index (χ1) is 9.95. The lowest BCUT2D eigenvalue weighted by Crippen LogP contribution is -2.31. The van der Waals surface area contributed by atoms with Crippen LogP contribution < -0.4 is 19.5 Å². The minimum absolute atomic E-state index is 0.116. The van der Waals surface area contributed by atoms with Crippen LogP contribution in [0.1, 0.15) is 0 Å². The molecule has 0 aliphatic carbocycles. The molecule has 10 heteroatoms. The van der Waals surface area contributed by atoms with Gasteiger partial charge in [-0.3, -0.25) is 10.1 Å². The molecule has 0 saturated carbocycles. The normalized spacial score (nSPS) is 14.0. The minimum Gasteiger partial charge on any atom is -0.486 e. The van der Waals surface area contributed by atoms with E-state index in [1.165, 1.54) is 0 Å². The number of fused-ring (bicyclic) bond motifs is 1. The summed E-state index contributed by atoms with van der Waals surface area (Å²) in [4.78, 5) is 9.89. The summed E-state index contributed by atoms with van der Waals surface area (Å²) in [5.41, 5.74) is -0.545. The van der Waals surface area contributed by atoms with Gasteiger partial charge in [-0.15, -0.1) is 0 Å². The second-order valence-corrected chi connectivity index (χ2v) is 5.96. The van der Waals surface area contributed by atoms with E-state index in [4.69, 9.17) is 9.47 Å². The average molecular weight is 317 g/mol. The van der Waals surface area contributed by atoms with Gasteiger partial charge in [0.1, 0.15) is 13.2 Å². The summed E-state index contributed by atoms with van der Waals surface area (Å²) in [5, 5.41) is 13.9. The monoisotopic (exact) mass is 317 g/mol. The van der Waals surface area contributed by atoms with E-state index in [0.717, 1.165) is 12.1 Å². The second-order valence-electron chi connectivity index (χ2n) is 4.22. The van der Waals surface area contributed by atoms with Crippen LogP contribution in [0.25, 0.3) is 0 Å². The molecule has 0 radical (unpaired) electrons. The van der Waals surface area contributed by atoms with Crippen molar-refractivity contribution in [2.24, 2.45) is 0 Å². The first-order valence-electron chi connectivity index (χ1n) is 6.18. The molecule has 21 heavy (non-hydrogen) atoms. The van der Waals surface area contributed by atoms with Crippen molar-refractivity contribution in [1.29, 1.82) is 0 Å². The van der Waals surface area contributed by atoms with E-state index in [9.17, 15) is 18.5 Å². The molecule has 0 atom stereocenters. The van der Waals surface area contributed by atoms with Gasteiger partial charge >= 0.3 is 0 Å². The third kappa shape index (κ3) is 3.40. The summed E-state index contributed by atoms with van der Waals surface area (Å²) in [6.07, 6.45) is 0. The predicted molar refractivity (Wildman–Crippen MR) is 73.2 cm³/mol. The smallest absolute Gasteiger partial charge is 0.293 e. The van der Waals surface area contributed by atoms with Crippen LogP contribution in [0, 0.1) is 10.1 Å². The van der Waals surface area contributed by atoms with Gasteiger partial charge in [0.25, 0.3) is 5.69 Å². The molecule has 2 rings (SSSR count). The Morgan fingerprint density at radius 2 is 1.86 bits per heavy atom. The average Bonchev–Trinajstić information content (AvgIpc) is 2.46. The number of nitro groups is 1. The number of hydrogen-bond acceptors (Lipinski definition) is 7. The highest BCUT2D eigenvalue weighted by molar-refractivity contribution is 7.89. The molecule has 1 aliphatic heterocycles. The Morgan fingerprint density at radius 1 is 1.24 bits per heavy atom. The largest absolute Gasteiger partial charge is 0.486 e. The number of ether oxygens (including phenoxy) is 2. The molecule has 0 saturated heterocycles. The maximum atomic E-state index is 12.2. The Bertz CT molecular complexity index is 646. The Labute approximate surface area is 121 Å². The number of nitrogens with zero attached hydrogens (tertiary/aromatic N) is 1. The summed E-state index contributed by atoms with van der Waals surface area (Å²) in [6, 6.07) is 2.19. The molecular formula is C11H15N3O6S. The van der Waals surface area contributed by atoms with Crippen LogP contribution in [-0.2, 0) is 10.0 Å². The Hall–Kier alpha value is -1.91. The molecule has 0 bridgehead atoms. The Morgan fingerprint density at radius 3 is 2.43 bits per heavy atom. The van der Waals surface area contributed by atoms with E-state index < -0.39 is 25.5 Å². The standard InChI is InChI=1S/C11H15N3O6S/c1-12-2-3-13-21(17,18)11-7-10-9(19-4-5-20-10)6-8(11)14(15)16/h6-7,12-13H,2-5H2,1H3. The maximum absolute atomic E-state index is 12.2. The molecule has 0 aromatic heterocycles. The van der Waals surface area contributed by atoms with Gasteiger partial charge in [0.2, 0.25) is 10.0 Å². The maximum Gasteiger partial charge on any atom is 0.293 e. The minimum atomic E-state index is -4.01. The molecule has 0 amide bonds. The number of likely N-dealkylation sites (N-methyl/N-ethyl adjacent to an activating group) is 1.